The van der Waals surface area contributed by atoms with E-state index < -0.39 is 0 Å². The van der Waals surface area contributed by atoms with Gasteiger partial charge >= 0.3 is 0 Å². The number of H-pyrrole nitrogens is 1. The Balaban J connectivity index is 2.33. The molecule has 2 aromatic heterocycles. The number of aromatic amines is 1. The molecule has 0 aliphatic carbocycles. The lowest BCUT2D eigenvalue weighted by molar-refractivity contribution is 0.763. The molecule has 74 valence electrons. The van der Waals surface area contributed by atoms with Gasteiger partial charge in [0.2, 0.25) is 0 Å². The maximum absolute atomic E-state index is 4.21. The Kier molecular flexibility index (Phi) is 2.20. The number of aryl methyl sites for hydroxylation is 2. The molecular formula is C6H8BrN7. The highest BCUT2D eigenvalue weighted by atomic mass is 79.9. The van der Waals surface area contributed by atoms with Crippen LogP contribution in [0.1, 0.15) is 5.69 Å². The van der Waals surface area contributed by atoms with Crippen molar-refractivity contribution in [2.75, 3.05) is 5.32 Å². The van der Waals surface area contributed by atoms with Gasteiger partial charge in [-0.2, -0.15) is 10.3 Å². The number of aromatic nitrogens is 6. The van der Waals surface area contributed by atoms with Crippen LogP contribution >= 0.6 is 15.9 Å². The topological polar surface area (TPSA) is 84.3 Å². The van der Waals surface area contributed by atoms with Gasteiger partial charge in [0, 0.05) is 7.05 Å². The van der Waals surface area contributed by atoms with Gasteiger partial charge in [0.15, 0.2) is 0 Å². The number of nitrogens with zero attached hydrogens (tertiary/aromatic N) is 5. The lowest BCUT2D eigenvalue weighted by Crippen LogP contribution is -2.00. The van der Waals surface area contributed by atoms with Crippen LogP contribution in [0, 0.1) is 6.92 Å². The second-order valence-electron chi connectivity index (χ2n) is 2.73. The van der Waals surface area contributed by atoms with Gasteiger partial charge in [-0.1, -0.05) is 5.10 Å². The Morgan fingerprint density at radius 1 is 1.50 bits per heavy atom. The molecule has 0 spiro atoms. The number of nitrogens with one attached hydrogen (secondary N) is 2. The van der Waals surface area contributed by atoms with Crippen LogP contribution in [0.5, 0.6) is 0 Å². The highest BCUT2D eigenvalue weighted by molar-refractivity contribution is 9.10. The van der Waals surface area contributed by atoms with Gasteiger partial charge in [-0.3, -0.25) is 4.68 Å². The second-order valence-corrected chi connectivity index (χ2v) is 3.53. The van der Waals surface area contributed by atoms with Gasteiger partial charge in [0.1, 0.15) is 5.82 Å². The Morgan fingerprint density at radius 2 is 2.29 bits per heavy atom. The molecule has 0 aliphatic rings. The van der Waals surface area contributed by atoms with E-state index in [0.29, 0.717) is 5.95 Å². The summed E-state index contributed by atoms with van der Waals surface area (Å²) in [6.45, 7) is 1.91. The number of hydrogen-bond acceptors (Lipinski definition) is 5. The van der Waals surface area contributed by atoms with Crippen molar-refractivity contribution in [3.05, 3.63) is 10.2 Å². The fourth-order valence-electron chi connectivity index (χ4n) is 1.09. The second kappa shape index (κ2) is 3.37. The summed E-state index contributed by atoms with van der Waals surface area (Å²) in [6.07, 6.45) is 0. The fraction of sp³-hybridized carbons (Fsp3) is 0.333. The predicted octanol–water partition coefficient (Wildman–Crippen LogP) is 0.748. The first-order valence-electron chi connectivity index (χ1n) is 3.88. The molecule has 0 amide bonds. The van der Waals surface area contributed by atoms with Crippen LogP contribution in [0.4, 0.5) is 11.8 Å². The van der Waals surface area contributed by atoms with Crippen molar-refractivity contribution in [2.24, 2.45) is 7.05 Å². The van der Waals surface area contributed by atoms with Gasteiger partial charge < -0.3 is 5.32 Å². The number of hydrogen-bond donors (Lipinski definition) is 2. The Morgan fingerprint density at radius 3 is 2.79 bits per heavy atom. The third-order valence-corrected chi connectivity index (χ3v) is 2.67. The van der Waals surface area contributed by atoms with Crippen molar-refractivity contribution in [3.63, 3.8) is 0 Å². The largest absolute Gasteiger partial charge is 0.305 e. The number of tetrazole rings is 1. The van der Waals surface area contributed by atoms with Crippen molar-refractivity contribution in [2.45, 2.75) is 6.92 Å². The maximum atomic E-state index is 4.21. The SMILES string of the molecule is Cc1nn(C)c(Nc2nn[nH]n2)c1Br. The van der Waals surface area contributed by atoms with E-state index >= 15 is 0 Å². The smallest absolute Gasteiger partial charge is 0.268 e. The summed E-state index contributed by atoms with van der Waals surface area (Å²) in [7, 11) is 1.83. The number of rotatable bonds is 2. The molecule has 0 fully saturated rings. The van der Waals surface area contributed by atoms with E-state index in [1.165, 1.54) is 0 Å². The maximum Gasteiger partial charge on any atom is 0.268 e. The zero-order valence-corrected chi connectivity index (χ0v) is 9.20. The van der Waals surface area contributed by atoms with Crippen LogP contribution in [-0.4, -0.2) is 30.4 Å². The molecule has 14 heavy (non-hydrogen) atoms. The first-order chi connectivity index (χ1) is 6.68. The lowest BCUT2D eigenvalue weighted by atomic mass is 10.5. The van der Waals surface area contributed by atoms with Gasteiger partial charge in [0.05, 0.1) is 10.2 Å². The fourth-order valence-corrected chi connectivity index (χ4v) is 1.52. The minimum atomic E-state index is 0.411. The molecule has 0 saturated heterocycles. The third-order valence-electron chi connectivity index (χ3n) is 1.72. The van der Waals surface area contributed by atoms with E-state index in [4.69, 9.17) is 0 Å². The molecule has 0 aromatic carbocycles. The monoisotopic (exact) mass is 257 g/mol. The third kappa shape index (κ3) is 1.48. The van der Waals surface area contributed by atoms with Crippen LogP contribution in [0.15, 0.2) is 4.47 Å². The van der Waals surface area contributed by atoms with Crippen molar-refractivity contribution in [3.8, 4) is 0 Å². The molecule has 0 atom stereocenters. The molecule has 7 nitrogen and oxygen atoms in total. The van der Waals surface area contributed by atoms with Crippen LogP contribution < -0.4 is 5.32 Å². The Hall–Kier alpha value is -1.44. The zero-order chi connectivity index (χ0) is 10.1. The van der Waals surface area contributed by atoms with E-state index in [2.05, 4.69) is 47.0 Å². The van der Waals surface area contributed by atoms with Crippen LogP contribution in [0.3, 0.4) is 0 Å². The van der Waals surface area contributed by atoms with Gasteiger partial charge in [0.25, 0.3) is 5.95 Å². The molecule has 2 heterocycles. The normalized spacial score (nSPS) is 10.5. The average Bonchev–Trinajstić information content (AvgIpc) is 2.71. The summed E-state index contributed by atoms with van der Waals surface area (Å²) < 4.78 is 2.60. The minimum Gasteiger partial charge on any atom is -0.305 e. The van der Waals surface area contributed by atoms with E-state index in [1.807, 2.05) is 14.0 Å². The first-order valence-corrected chi connectivity index (χ1v) is 4.67. The summed E-state index contributed by atoms with van der Waals surface area (Å²) in [6, 6.07) is 0. The van der Waals surface area contributed by atoms with Crippen molar-refractivity contribution in [1.29, 1.82) is 0 Å². The molecule has 0 unspecified atom stereocenters. The number of anilines is 2. The first kappa shape index (κ1) is 9.13. The van der Waals surface area contributed by atoms with Crippen LogP contribution in [0.25, 0.3) is 0 Å². The van der Waals surface area contributed by atoms with Gasteiger partial charge in [-0.15, -0.1) is 5.10 Å². The van der Waals surface area contributed by atoms with Crippen LogP contribution in [0.2, 0.25) is 0 Å². The lowest BCUT2D eigenvalue weighted by Gasteiger charge is -2.01. The van der Waals surface area contributed by atoms with E-state index in [-0.39, 0.29) is 0 Å². The van der Waals surface area contributed by atoms with Crippen LogP contribution in [-0.2, 0) is 7.05 Å². The molecule has 0 aliphatic heterocycles. The molecule has 8 heteroatoms. The summed E-state index contributed by atoms with van der Waals surface area (Å²) >= 11 is 3.41. The zero-order valence-electron chi connectivity index (χ0n) is 7.61. The minimum absolute atomic E-state index is 0.411. The summed E-state index contributed by atoms with van der Waals surface area (Å²) in [5, 5.41) is 20.6. The molecule has 2 rings (SSSR count). The van der Waals surface area contributed by atoms with Gasteiger partial charge in [-0.05, 0) is 28.1 Å². The summed E-state index contributed by atoms with van der Waals surface area (Å²) in [5.41, 5.74) is 0.901. The molecule has 2 N–H and O–H groups in total. The van der Waals surface area contributed by atoms with E-state index in [9.17, 15) is 0 Å². The molecule has 0 saturated carbocycles. The molecule has 0 radical (unpaired) electrons. The number of halogens is 1. The quantitative estimate of drug-likeness (QED) is 0.830. The van der Waals surface area contributed by atoms with E-state index in [0.717, 1.165) is 16.0 Å². The highest BCUT2D eigenvalue weighted by Gasteiger charge is 2.11. The molecule has 0 bridgehead atoms. The highest BCUT2D eigenvalue weighted by Crippen LogP contribution is 2.26. The van der Waals surface area contributed by atoms with Crippen molar-refractivity contribution < 1.29 is 0 Å². The summed E-state index contributed by atoms with van der Waals surface area (Å²) in [4.78, 5) is 0. The standard InChI is InChI=1S/C6H8BrN7/c1-3-4(7)5(14(2)11-3)8-6-9-12-13-10-6/h1-2H3,(H2,8,9,10,12,13). The predicted molar refractivity (Wildman–Crippen MR) is 53.1 cm³/mol. The van der Waals surface area contributed by atoms with E-state index in [1.54, 1.807) is 4.68 Å². The molecular weight excluding hydrogens is 250 g/mol. The Labute approximate surface area is 88.0 Å². The van der Waals surface area contributed by atoms with Crippen molar-refractivity contribution >= 4 is 27.7 Å². The van der Waals surface area contributed by atoms with Crippen molar-refractivity contribution in [1.82, 2.24) is 30.4 Å². The summed E-state index contributed by atoms with van der Waals surface area (Å²) in [5.74, 6) is 1.21. The average molecular weight is 258 g/mol. The Bertz CT molecular complexity index is 431. The van der Waals surface area contributed by atoms with Gasteiger partial charge in [-0.25, -0.2) is 0 Å². The molecule has 2 aromatic rings.